The highest BCUT2D eigenvalue weighted by Crippen LogP contribution is 2.23. The highest BCUT2D eigenvalue weighted by atomic mass is 32.2. The maximum absolute atomic E-state index is 12.4. The molecule has 0 saturated carbocycles. The number of amides is 1. The SMILES string of the molecule is CCCCCCCCCCCC(=O)NC(CCCS(=O)(=O)O)(C(=O)[O-])[N+](C)(C)C. The summed E-state index contributed by atoms with van der Waals surface area (Å²) in [6.45, 7) is 2.19. The van der Waals surface area contributed by atoms with Gasteiger partial charge in [0.05, 0.1) is 26.9 Å². The van der Waals surface area contributed by atoms with Gasteiger partial charge in [-0.15, -0.1) is 0 Å². The third-order valence-corrected chi connectivity index (χ3v) is 6.08. The Morgan fingerprint density at radius 3 is 1.83 bits per heavy atom. The molecule has 0 aromatic heterocycles. The summed E-state index contributed by atoms with van der Waals surface area (Å²) in [5.41, 5.74) is -1.76. The molecule has 0 aromatic carbocycles. The molecular weight excluding hydrogens is 396 g/mol. The molecule has 0 heterocycles. The van der Waals surface area contributed by atoms with E-state index in [0.717, 1.165) is 19.3 Å². The van der Waals surface area contributed by atoms with Crippen LogP contribution < -0.4 is 10.4 Å². The number of rotatable bonds is 17. The van der Waals surface area contributed by atoms with E-state index in [4.69, 9.17) is 4.55 Å². The lowest BCUT2D eigenvalue weighted by atomic mass is 9.99. The second-order valence-electron chi connectivity index (χ2n) is 8.68. The van der Waals surface area contributed by atoms with Crippen molar-refractivity contribution >= 4 is 22.0 Å². The van der Waals surface area contributed by atoms with Gasteiger partial charge in [-0.25, -0.2) is 0 Å². The lowest BCUT2D eigenvalue weighted by Crippen LogP contribution is -2.74. The van der Waals surface area contributed by atoms with Crippen LogP contribution in [0.15, 0.2) is 0 Å². The van der Waals surface area contributed by atoms with Gasteiger partial charge in [0.2, 0.25) is 11.6 Å². The average Bonchev–Trinajstić information content (AvgIpc) is 2.57. The Morgan fingerprint density at radius 1 is 0.931 bits per heavy atom. The highest BCUT2D eigenvalue weighted by molar-refractivity contribution is 7.85. The van der Waals surface area contributed by atoms with Gasteiger partial charge in [0, 0.05) is 12.8 Å². The van der Waals surface area contributed by atoms with Crippen LogP contribution in [0.4, 0.5) is 0 Å². The maximum Gasteiger partial charge on any atom is 0.264 e. The fourth-order valence-corrected chi connectivity index (χ4v) is 3.90. The Morgan fingerprint density at radius 2 is 1.41 bits per heavy atom. The number of quaternary nitrogens is 1. The van der Waals surface area contributed by atoms with Crippen LogP contribution in [0.5, 0.6) is 0 Å². The van der Waals surface area contributed by atoms with Crippen molar-refractivity contribution in [1.82, 2.24) is 5.32 Å². The fraction of sp³-hybridized carbons (Fsp3) is 0.900. The molecule has 0 aliphatic heterocycles. The number of nitrogens with one attached hydrogen (secondary N) is 1. The zero-order chi connectivity index (χ0) is 22.6. The van der Waals surface area contributed by atoms with Crippen LogP contribution in [0, 0.1) is 0 Å². The average molecular weight is 437 g/mol. The van der Waals surface area contributed by atoms with Crippen molar-refractivity contribution in [2.45, 2.75) is 89.6 Å². The van der Waals surface area contributed by atoms with E-state index in [1.807, 2.05) is 0 Å². The Hall–Kier alpha value is -1.19. The van der Waals surface area contributed by atoms with Gasteiger partial charge in [0.15, 0.2) is 0 Å². The molecule has 0 spiro atoms. The second-order valence-corrected chi connectivity index (χ2v) is 10.2. The maximum atomic E-state index is 12.4. The lowest BCUT2D eigenvalue weighted by Gasteiger charge is -2.47. The van der Waals surface area contributed by atoms with Gasteiger partial charge in [0.25, 0.3) is 10.1 Å². The van der Waals surface area contributed by atoms with Gasteiger partial charge in [0.1, 0.15) is 5.97 Å². The van der Waals surface area contributed by atoms with Crippen molar-refractivity contribution < 1.29 is 32.1 Å². The van der Waals surface area contributed by atoms with E-state index in [-0.39, 0.29) is 23.7 Å². The summed E-state index contributed by atoms with van der Waals surface area (Å²) in [5.74, 6) is -2.44. The van der Waals surface area contributed by atoms with Crippen molar-refractivity contribution in [2.24, 2.45) is 0 Å². The molecule has 0 rings (SSSR count). The Bertz CT molecular complexity index is 601. The number of aliphatic carboxylic acids is 1. The predicted molar refractivity (Wildman–Crippen MR) is 111 cm³/mol. The summed E-state index contributed by atoms with van der Waals surface area (Å²) < 4.78 is 30.7. The van der Waals surface area contributed by atoms with E-state index in [0.29, 0.717) is 6.42 Å². The standard InChI is InChI=1S/C20H40N2O6S/c1-5-6-7-8-9-10-11-12-13-15-18(23)21-20(19(24)25,22(2,3)4)16-14-17-29(26,27)28/h5-17H2,1-4H3,(H2-,21,23,24,25,26,27,28). The molecule has 0 aliphatic rings. The first kappa shape index (κ1) is 27.8. The van der Waals surface area contributed by atoms with E-state index >= 15 is 0 Å². The third-order valence-electron chi connectivity index (χ3n) is 5.28. The van der Waals surface area contributed by atoms with E-state index < -0.39 is 33.4 Å². The molecule has 0 radical (unpaired) electrons. The summed E-state index contributed by atoms with van der Waals surface area (Å²) in [6, 6.07) is 0. The molecular formula is C20H40N2O6S. The first-order valence-electron chi connectivity index (χ1n) is 10.6. The molecule has 0 fully saturated rings. The van der Waals surface area contributed by atoms with Crippen molar-refractivity contribution in [2.75, 3.05) is 26.9 Å². The van der Waals surface area contributed by atoms with Gasteiger partial charge in [-0.05, 0) is 12.8 Å². The number of carboxylic acids is 1. The normalized spacial score (nSPS) is 14.4. The number of hydrogen-bond acceptors (Lipinski definition) is 5. The molecule has 172 valence electrons. The van der Waals surface area contributed by atoms with E-state index in [1.54, 1.807) is 21.1 Å². The predicted octanol–water partition coefficient (Wildman–Crippen LogP) is 1.84. The minimum absolute atomic E-state index is 0.110. The van der Waals surface area contributed by atoms with Gasteiger partial charge >= 0.3 is 0 Å². The van der Waals surface area contributed by atoms with Crippen molar-refractivity contribution in [1.29, 1.82) is 0 Å². The Kier molecular flexibility index (Phi) is 12.6. The van der Waals surface area contributed by atoms with Crippen molar-refractivity contribution in [3.8, 4) is 0 Å². The summed E-state index contributed by atoms with van der Waals surface area (Å²) in [5, 5.41) is 14.5. The highest BCUT2D eigenvalue weighted by Gasteiger charge is 2.46. The molecule has 0 bridgehead atoms. The zero-order valence-corrected chi connectivity index (χ0v) is 19.4. The first-order chi connectivity index (χ1) is 13.4. The third kappa shape index (κ3) is 11.5. The minimum atomic E-state index is -4.21. The van der Waals surface area contributed by atoms with E-state index in [1.165, 1.54) is 32.1 Å². The van der Waals surface area contributed by atoms with Crippen LogP contribution in [-0.4, -0.2) is 61.9 Å². The summed E-state index contributed by atoms with van der Waals surface area (Å²) >= 11 is 0. The molecule has 0 aliphatic carbocycles. The summed E-state index contributed by atoms with van der Waals surface area (Å²) in [4.78, 5) is 24.3. The van der Waals surface area contributed by atoms with Crippen molar-refractivity contribution in [3.05, 3.63) is 0 Å². The quantitative estimate of drug-likeness (QED) is 0.155. The lowest BCUT2D eigenvalue weighted by molar-refractivity contribution is -0.919. The van der Waals surface area contributed by atoms with Crippen LogP contribution in [0.3, 0.4) is 0 Å². The van der Waals surface area contributed by atoms with Crippen LogP contribution in [-0.2, 0) is 19.7 Å². The second kappa shape index (κ2) is 13.2. The molecule has 1 atom stereocenters. The number of unbranched alkanes of at least 4 members (excludes halogenated alkanes) is 8. The molecule has 0 saturated heterocycles. The van der Waals surface area contributed by atoms with Crippen molar-refractivity contribution in [3.63, 3.8) is 0 Å². The van der Waals surface area contributed by atoms with Gasteiger partial charge in [-0.3, -0.25) is 14.7 Å². The van der Waals surface area contributed by atoms with Gasteiger partial charge in [-0.1, -0.05) is 58.3 Å². The fourth-order valence-electron chi connectivity index (χ4n) is 3.39. The van der Waals surface area contributed by atoms with Crippen LogP contribution in [0.1, 0.15) is 84.0 Å². The molecule has 29 heavy (non-hydrogen) atoms. The van der Waals surface area contributed by atoms with E-state index in [9.17, 15) is 23.1 Å². The van der Waals surface area contributed by atoms with Crippen LogP contribution in [0.2, 0.25) is 0 Å². The number of carbonyl (C=O) groups is 2. The number of likely N-dealkylation sites (N-methyl/N-ethyl adjacent to an activating group) is 1. The Balaban J connectivity index is 4.59. The van der Waals surface area contributed by atoms with Crippen LogP contribution in [0.25, 0.3) is 0 Å². The number of nitrogens with zero attached hydrogens (tertiary/aromatic N) is 1. The monoisotopic (exact) mass is 436 g/mol. The zero-order valence-electron chi connectivity index (χ0n) is 18.5. The molecule has 2 N–H and O–H groups in total. The van der Waals surface area contributed by atoms with Gasteiger partial charge in [-0.2, -0.15) is 8.42 Å². The summed E-state index contributed by atoms with van der Waals surface area (Å²) in [6.07, 6.45) is 9.93. The molecule has 0 aromatic rings. The molecule has 1 amide bonds. The number of hydrogen-bond donors (Lipinski definition) is 2. The Labute approximate surface area is 176 Å². The minimum Gasteiger partial charge on any atom is -0.542 e. The first-order valence-corrected chi connectivity index (χ1v) is 12.3. The smallest absolute Gasteiger partial charge is 0.264 e. The molecule has 1 unspecified atom stereocenters. The van der Waals surface area contributed by atoms with Crippen LogP contribution >= 0.6 is 0 Å². The molecule has 8 nitrogen and oxygen atoms in total. The molecule has 9 heteroatoms. The van der Waals surface area contributed by atoms with Gasteiger partial charge < -0.3 is 14.4 Å². The largest absolute Gasteiger partial charge is 0.542 e. The summed E-state index contributed by atoms with van der Waals surface area (Å²) in [7, 11) is 0.588. The number of carboxylic acid groups (broad SMARTS) is 1. The number of carbonyl (C=O) groups excluding carboxylic acids is 2. The topological polar surface area (TPSA) is 124 Å². The van der Waals surface area contributed by atoms with E-state index in [2.05, 4.69) is 12.2 Å².